The van der Waals surface area contributed by atoms with Gasteiger partial charge in [-0.15, -0.1) is 0 Å². The van der Waals surface area contributed by atoms with Gasteiger partial charge < -0.3 is 20.1 Å². The minimum Gasteiger partial charge on any atom is -0.482 e. The van der Waals surface area contributed by atoms with E-state index < -0.39 is 0 Å². The Morgan fingerprint density at radius 3 is 3.06 bits per heavy atom. The normalized spacial score (nSPS) is 16.2. The second-order valence-corrected chi connectivity index (χ2v) is 4.52. The first-order valence-electron chi connectivity index (χ1n) is 5.99. The maximum absolute atomic E-state index is 11.5. The van der Waals surface area contributed by atoms with Crippen molar-refractivity contribution in [1.82, 2.24) is 5.32 Å². The fourth-order valence-corrected chi connectivity index (χ4v) is 1.85. The molecular weight excluding hydrogens is 232 g/mol. The number of likely N-dealkylation sites (N-methyl/N-ethyl adjacent to an activating group) is 1. The quantitative estimate of drug-likeness (QED) is 0.817. The van der Waals surface area contributed by atoms with Crippen LogP contribution in [-0.2, 0) is 11.3 Å². The molecule has 0 saturated carbocycles. The highest BCUT2D eigenvalue weighted by atomic mass is 16.5. The van der Waals surface area contributed by atoms with Crippen molar-refractivity contribution in [2.75, 3.05) is 25.1 Å². The zero-order valence-electron chi connectivity index (χ0n) is 10.6. The van der Waals surface area contributed by atoms with Gasteiger partial charge in [0.05, 0.1) is 11.8 Å². The van der Waals surface area contributed by atoms with E-state index in [-0.39, 0.29) is 18.6 Å². The zero-order valence-corrected chi connectivity index (χ0v) is 10.6. The molecule has 0 fully saturated rings. The van der Waals surface area contributed by atoms with Crippen LogP contribution >= 0.6 is 0 Å². The lowest BCUT2D eigenvalue weighted by molar-refractivity contribution is -0.120. The highest BCUT2D eigenvalue weighted by Crippen LogP contribution is 2.31. The number of aliphatic hydroxyl groups is 1. The molecule has 0 saturated heterocycles. The van der Waals surface area contributed by atoms with Crippen molar-refractivity contribution in [2.24, 2.45) is 0 Å². The second-order valence-electron chi connectivity index (χ2n) is 4.52. The molecule has 0 aliphatic carbocycles. The Balaban J connectivity index is 2.08. The van der Waals surface area contributed by atoms with Crippen LogP contribution in [0.25, 0.3) is 0 Å². The summed E-state index contributed by atoms with van der Waals surface area (Å²) in [5.41, 5.74) is 1.85. The van der Waals surface area contributed by atoms with Crippen molar-refractivity contribution in [3.8, 4) is 5.75 Å². The van der Waals surface area contributed by atoms with E-state index in [2.05, 4.69) is 5.32 Å². The van der Waals surface area contributed by atoms with Crippen molar-refractivity contribution in [3.05, 3.63) is 23.8 Å². The summed E-state index contributed by atoms with van der Waals surface area (Å²) in [5, 5.41) is 12.3. The fourth-order valence-electron chi connectivity index (χ4n) is 1.85. The third-order valence-corrected chi connectivity index (χ3v) is 2.88. The molecule has 1 atom stereocenters. The summed E-state index contributed by atoms with van der Waals surface area (Å²) in [4.78, 5) is 13.1. The first-order chi connectivity index (χ1) is 8.58. The van der Waals surface area contributed by atoms with Gasteiger partial charge >= 0.3 is 0 Å². The van der Waals surface area contributed by atoms with E-state index >= 15 is 0 Å². The molecule has 0 aromatic heterocycles. The Bertz CT molecular complexity index is 446. The van der Waals surface area contributed by atoms with E-state index in [1.807, 2.05) is 18.2 Å². The molecule has 0 bridgehead atoms. The number of carbonyl (C=O) groups is 1. The van der Waals surface area contributed by atoms with Crippen LogP contribution in [0.2, 0.25) is 0 Å². The molecule has 1 aromatic rings. The molecule has 1 aromatic carbocycles. The number of hydrogen-bond donors (Lipinski definition) is 2. The summed E-state index contributed by atoms with van der Waals surface area (Å²) in [6.45, 7) is 3.03. The summed E-state index contributed by atoms with van der Waals surface area (Å²) in [6, 6.07) is 5.76. The maximum Gasteiger partial charge on any atom is 0.264 e. The highest BCUT2D eigenvalue weighted by Gasteiger charge is 2.22. The van der Waals surface area contributed by atoms with E-state index in [4.69, 9.17) is 9.84 Å². The molecule has 5 nitrogen and oxygen atoms in total. The van der Waals surface area contributed by atoms with Crippen LogP contribution in [-0.4, -0.2) is 37.3 Å². The average Bonchev–Trinajstić information content (AvgIpc) is 2.34. The highest BCUT2D eigenvalue weighted by molar-refractivity contribution is 5.97. The number of nitrogens with zero attached hydrogens (tertiary/aromatic N) is 1. The minimum absolute atomic E-state index is 0.0448. The van der Waals surface area contributed by atoms with E-state index in [0.29, 0.717) is 13.1 Å². The molecule has 1 heterocycles. The van der Waals surface area contributed by atoms with Gasteiger partial charge in [-0.3, -0.25) is 4.79 Å². The number of fused-ring (bicyclic) bond motifs is 1. The number of aliphatic hydroxyl groups excluding tert-OH is 1. The molecule has 2 rings (SSSR count). The summed E-state index contributed by atoms with van der Waals surface area (Å²) in [6.07, 6.45) is -0.366. The molecule has 0 radical (unpaired) electrons. The summed E-state index contributed by atoms with van der Waals surface area (Å²) in [5.74, 6) is 0.688. The van der Waals surface area contributed by atoms with Gasteiger partial charge in [0, 0.05) is 20.1 Å². The van der Waals surface area contributed by atoms with E-state index in [1.165, 1.54) is 0 Å². The third-order valence-electron chi connectivity index (χ3n) is 2.88. The van der Waals surface area contributed by atoms with Crippen molar-refractivity contribution in [3.63, 3.8) is 0 Å². The lowest BCUT2D eigenvalue weighted by Crippen LogP contribution is -2.35. The SMILES string of the molecule is CC(O)CNCc1ccc2c(c1)N(C)C(=O)CO2. The number of anilines is 1. The molecule has 0 spiro atoms. The molecule has 1 unspecified atom stereocenters. The topological polar surface area (TPSA) is 61.8 Å². The zero-order chi connectivity index (χ0) is 13.1. The van der Waals surface area contributed by atoms with Gasteiger partial charge in [-0.2, -0.15) is 0 Å². The van der Waals surface area contributed by atoms with Crippen molar-refractivity contribution >= 4 is 11.6 Å². The predicted molar refractivity (Wildman–Crippen MR) is 68.7 cm³/mol. The van der Waals surface area contributed by atoms with Gasteiger partial charge in [-0.05, 0) is 24.6 Å². The average molecular weight is 250 g/mol. The van der Waals surface area contributed by atoms with Crippen LogP contribution in [0.3, 0.4) is 0 Å². The predicted octanol–water partition coefficient (Wildman–Crippen LogP) is 0.512. The monoisotopic (exact) mass is 250 g/mol. The van der Waals surface area contributed by atoms with Gasteiger partial charge in [0.15, 0.2) is 6.61 Å². The number of hydrogen-bond acceptors (Lipinski definition) is 4. The molecule has 18 heavy (non-hydrogen) atoms. The molecule has 1 amide bonds. The molecule has 1 aliphatic heterocycles. The van der Waals surface area contributed by atoms with Gasteiger partial charge in [-0.1, -0.05) is 6.07 Å². The second kappa shape index (κ2) is 5.37. The molecule has 2 N–H and O–H groups in total. The molecular formula is C13H18N2O3. The first-order valence-corrected chi connectivity index (χ1v) is 5.99. The molecule has 1 aliphatic rings. The number of rotatable bonds is 4. The smallest absolute Gasteiger partial charge is 0.264 e. The summed E-state index contributed by atoms with van der Waals surface area (Å²) in [7, 11) is 1.75. The van der Waals surface area contributed by atoms with Crippen LogP contribution in [0.5, 0.6) is 5.75 Å². The van der Waals surface area contributed by atoms with Crippen LogP contribution in [0.15, 0.2) is 18.2 Å². The van der Waals surface area contributed by atoms with Crippen molar-refractivity contribution in [1.29, 1.82) is 0 Å². The lowest BCUT2D eigenvalue weighted by atomic mass is 10.1. The summed E-state index contributed by atoms with van der Waals surface area (Å²) < 4.78 is 5.35. The lowest BCUT2D eigenvalue weighted by Gasteiger charge is -2.26. The Morgan fingerprint density at radius 1 is 1.56 bits per heavy atom. The number of benzene rings is 1. The Kier molecular flexibility index (Phi) is 3.84. The van der Waals surface area contributed by atoms with Crippen LogP contribution in [0, 0.1) is 0 Å². The number of nitrogens with one attached hydrogen (secondary N) is 1. The Labute approximate surface area is 106 Å². The number of amides is 1. The van der Waals surface area contributed by atoms with Crippen LogP contribution in [0.1, 0.15) is 12.5 Å². The van der Waals surface area contributed by atoms with E-state index in [9.17, 15) is 4.79 Å². The third kappa shape index (κ3) is 2.80. The van der Waals surface area contributed by atoms with Crippen LogP contribution < -0.4 is 15.0 Å². The van der Waals surface area contributed by atoms with Gasteiger partial charge in [0.1, 0.15) is 5.75 Å². The Morgan fingerprint density at radius 2 is 2.33 bits per heavy atom. The van der Waals surface area contributed by atoms with E-state index in [1.54, 1.807) is 18.9 Å². The largest absolute Gasteiger partial charge is 0.482 e. The van der Waals surface area contributed by atoms with E-state index in [0.717, 1.165) is 17.0 Å². The van der Waals surface area contributed by atoms with Crippen LogP contribution in [0.4, 0.5) is 5.69 Å². The molecule has 5 heteroatoms. The fraction of sp³-hybridized carbons (Fsp3) is 0.462. The Hall–Kier alpha value is -1.59. The van der Waals surface area contributed by atoms with Crippen molar-refractivity contribution in [2.45, 2.75) is 19.6 Å². The minimum atomic E-state index is -0.366. The van der Waals surface area contributed by atoms with Gasteiger partial charge in [0.2, 0.25) is 0 Å². The van der Waals surface area contributed by atoms with Gasteiger partial charge in [-0.25, -0.2) is 0 Å². The molecule has 98 valence electrons. The first kappa shape index (κ1) is 12.9. The number of carbonyl (C=O) groups excluding carboxylic acids is 1. The van der Waals surface area contributed by atoms with Gasteiger partial charge in [0.25, 0.3) is 5.91 Å². The summed E-state index contributed by atoms with van der Waals surface area (Å²) >= 11 is 0. The number of ether oxygens (including phenoxy) is 1. The van der Waals surface area contributed by atoms with Crippen molar-refractivity contribution < 1.29 is 14.6 Å². The maximum atomic E-state index is 11.5. The standard InChI is InChI=1S/C13H18N2O3/c1-9(16)6-14-7-10-3-4-12-11(5-10)15(2)13(17)8-18-12/h3-5,9,14,16H,6-8H2,1-2H3.